The molecule has 0 unspecified atom stereocenters. The van der Waals surface area contributed by atoms with Crippen molar-refractivity contribution in [1.82, 2.24) is 9.88 Å². The Kier molecular flexibility index (Phi) is 5.76. The van der Waals surface area contributed by atoms with Crippen LogP contribution < -0.4 is 4.90 Å². The van der Waals surface area contributed by atoms with Gasteiger partial charge in [0.15, 0.2) is 0 Å². The van der Waals surface area contributed by atoms with E-state index in [4.69, 9.17) is 0 Å². The molecule has 0 spiro atoms. The van der Waals surface area contributed by atoms with E-state index < -0.39 is 0 Å². The summed E-state index contributed by atoms with van der Waals surface area (Å²) in [5.74, 6) is 0.0401. The summed E-state index contributed by atoms with van der Waals surface area (Å²) in [6.45, 7) is 4.27. The number of aromatic nitrogens is 1. The summed E-state index contributed by atoms with van der Waals surface area (Å²) in [6.07, 6.45) is 0.272. The number of benzene rings is 2. The van der Waals surface area contributed by atoms with Gasteiger partial charge in [-0.05, 0) is 19.1 Å². The van der Waals surface area contributed by atoms with Crippen LogP contribution in [0, 0.1) is 17.0 Å². The van der Waals surface area contributed by atoms with Crippen molar-refractivity contribution in [3.05, 3.63) is 75.3 Å². The zero-order chi connectivity index (χ0) is 21.1. The third kappa shape index (κ3) is 4.33. The Morgan fingerprint density at radius 2 is 1.90 bits per heavy atom. The minimum absolute atomic E-state index is 0.0401. The topological polar surface area (TPSA) is 79.6 Å². The first-order valence-corrected chi connectivity index (χ1v) is 10.7. The fourth-order valence-corrected chi connectivity index (χ4v) is 4.47. The Morgan fingerprint density at radius 3 is 2.63 bits per heavy atom. The van der Waals surface area contributed by atoms with E-state index in [9.17, 15) is 14.9 Å². The van der Waals surface area contributed by atoms with Gasteiger partial charge in [-0.1, -0.05) is 35.9 Å². The van der Waals surface area contributed by atoms with Gasteiger partial charge in [0.2, 0.25) is 5.91 Å². The van der Waals surface area contributed by atoms with Gasteiger partial charge in [0, 0.05) is 43.2 Å². The van der Waals surface area contributed by atoms with Crippen LogP contribution in [-0.2, 0) is 11.2 Å². The average molecular weight is 423 g/mol. The summed E-state index contributed by atoms with van der Waals surface area (Å²) < 4.78 is 0. The van der Waals surface area contributed by atoms with Crippen LogP contribution in [0.5, 0.6) is 0 Å². The summed E-state index contributed by atoms with van der Waals surface area (Å²) in [7, 11) is 0. The van der Waals surface area contributed by atoms with Gasteiger partial charge in [-0.2, -0.15) is 0 Å². The van der Waals surface area contributed by atoms with Gasteiger partial charge in [0.25, 0.3) is 5.69 Å². The van der Waals surface area contributed by atoms with Crippen molar-refractivity contribution in [2.45, 2.75) is 13.3 Å². The number of carbonyl (C=O) groups excluding carboxylic acids is 1. The van der Waals surface area contributed by atoms with E-state index >= 15 is 0 Å². The van der Waals surface area contributed by atoms with Gasteiger partial charge < -0.3 is 9.80 Å². The maximum atomic E-state index is 12.7. The van der Waals surface area contributed by atoms with E-state index in [1.54, 1.807) is 29.5 Å². The quantitative estimate of drug-likeness (QED) is 0.460. The smallest absolute Gasteiger partial charge is 0.292 e. The SMILES string of the molecule is Cc1cccc(-c2nc(CC(=O)N3CCN(c4ccccc4[N+](=O)[O-])CC3)cs2)c1. The maximum Gasteiger partial charge on any atom is 0.292 e. The number of hydrogen-bond acceptors (Lipinski definition) is 6. The second-order valence-electron chi connectivity index (χ2n) is 7.30. The number of nitro groups is 1. The second-order valence-corrected chi connectivity index (χ2v) is 8.16. The molecule has 154 valence electrons. The first-order chi connectivity index (χ1) is 14.5. The molecule has 1 amide bonds. The van der Waals surface area contributed by atoms with Gasteiger partial charge in [0.1, 0.15) is 10.7 Å². The minimum Gasteiger partial charge on any atom is -0.362 e. The molecule has 3 aromatic rings. The molecular formula is C22H22N4O3S. The second kappa shape index (κ2) is 8.62. The van der Waals surface area contributed by atoms with Crippen LogP contribution in [0.2, 0.25) is 0 Å². The zero-order valence-corrected chi connectivity index (χ0v) is 17.5. The van der Waals surface area contributed by atoms with Crippen molar-refractivity contribution in [2.75, 3.05) is 31.1 Å². The van der Waals surface area contributed by atoms with Crippen molar-refractivity contribution in [3.8, 4) is 10.6 Å². The van der Waals surface area contributed by atoms with Crippen LogP contribution in [0.1, 0.15) is 11.3 Å². The van der Waals surface area contributed by atoms with Crippen molar-refractivity contribution in [1.29, 1.82) is 0 Å². The molecule has 0 bridgehead atoms. The van der Waals surface area contributed by atoms with Gasteiger partial charge in [-0.25, -0.2) is 4.98 Å². The Bertz CT molecular complexity index is 1070. The summed E-state index contributed by atoms with van der Waals surface area (Å²) >= 11 is 1.55. The zero-order valence-electron chi connectivity index (χ0n) is 16.7. The monoisotopic (exact) mass is 422 g/mol. The normalized spacial score (nSPS) is 14.0. The number of para-hydroxylation sites is 2. The molecule has 1 saturated heterocycles. The van der Waals surface area contributed by atoms with Crippen molar-refractivity contribution >= 4 is 28.6 Å². The van der Waals surface area contributed by atoms with Crippen LogP contribution in [-0.4, -0.2) is 46.9 Å². The minimum atomic E-state index is -0.360. The van der Waals surface area contributed by atoms with Crippen LogP contribution >= 0.6 is 11.3 Å². The molecular weight excluding hydrogens is 400 g/mol. The van der Waals surface area contributed by atoms with Crippen molar-refractivity contribution < 1.29 is 9.72 Å². The number of rotatable bonds is 5. The van der Waals surface area contributed by atoms with Crippen LogP contribution in [0.25, 0.3) is 10.6 Å². The van der Waals surface area contributed by atoms with Gasteiger partial charge in [-0.3, -0.25) is 14.9 Å². The highest BCUT2D eigenvalue weighted by atomic mass is 32.1. The lowest BCUT2D eigenvalue weighted by Gasteiger charge is -2.35. The lowest BCUT2D eigenvalue weighted by molar-refractivity contribution is -0.384. The molecule has 2 heterocycles. The molecule has 0 atom stereocenters. The van der Waals surface area contributed by atoms with E-state index in [0.29, 0.717) is 31.9 Å². The number of thiazole rings is 1. The summed E-state index contributed by atoms with van der Waals surface area (Å²) in [5.41, 5.74) is 3.73. The van der Waals surface area contributed by atoms with E-state index in [0.717, 1.165) is 16.3 Å². The van der Waals surface area contributed by atoms with E-state index in [-0.39, 0.29) is 22.9 Å². The predicted octanol–water partition coefficient (Wildman–Crippen LogP) is 3.92. The Balaban J connectivity index is 1.37. The number of nitrogens with zero attached hydrogens (tertiary/aromatic N) is 4. The highest BCUT2D eigenvalue weighted by Gasteiger charge is 2.25. The Morgan fingerprint density at radius 1 is 1.13 bits per heavy atom. The van der Waals surface area contributed by atoms with Gasteiger partial charge in [-0.15, -0.1) is 11.3 Å². The standard InChI is InChI=1S/C22H22N4O3S/c1-16-5-4-6-17(13-16)22-23-18(15-30-22)14-21(27)25-11-9-24(10-12-25)19-7-2-3-8-20(19)26(28)29/h2-8,13,15H,9-12,14H2,1H3. The molecule has 1 fully saturated rings. The fraction of sp³-hybridized carbons (Fsp3) is 0.273. The summed E-state index contributed by atoms with van der Waals surface area (Å²) in [6, 6.07) is 14.9. The van der Waals surface area contributed by atoms with Gasteiger partial charge >= 0.3 is 0 Å². The maximum absolute atomic E-state index is 12.7. The number of amides is 1. The third-order valence-corrected chi connectivity index (χ3v) is 6.14. The highest BCUT2D eigenvalue weighted by Crippen LogP contribution is 2.29. The summed E-state index contributed by atoms with van der Waals surface area (Å²) in [4.78, 5) is 32.1. The number of nitro benzene ring substituents is 1. The molecule has 2 aromatic carbocycles. The number of anilines is 1. The van der Waals surface area contributed by atoms with Crippen molar-refractivity contribution in [2.24, 2.45) is 0 Å². The van der Waals surface area contributed by atoms with Crippen molar-refractivity contribution in [3.63, 3.8) is 0 Å². The molecule has 4 rings (SSSR count). The first-order valence-electron chi connectivity index (χ1n) is 9.79. The molecule has 0 radical (unpaired) electrons. The first kappa shape index (κ1) is 20.0. The molecule has 7 nitrogen and oxygen atoms in total. The highest BCUT2D eigenvalue weighted by molar-refractivity contribution is 7.13. The van der Waals surface area contributed by atoms with E-state index in [2.05, 4.69) is 11.1 Å². The Hall–Kier alpha value is -3.26. The van der Waals surface area contributed by atoms with Gasteiger partial charge in [0.05, 0.1) is 17.0 Å². The molecule has 0 saturated carbocycles. The van der Waals surface area contributed by atoms with Crippen LogP contribution in [0.4, 0.5) is 11.4 Å². The summed E-state index contributed by atoms with van der Waals surface area (Å²) in [5, 5.41) is 14.1. The Labute approximate surface area is 178 Å². The molecule has 8 heteroatoms. The molecule has 1 aliphatic heterocycles. The fourth-order valence-electron chi connectivity index (χ4n) is 3.65. The largest absolute Gasteiger partial charge is 0.362 e. The van der Waals surface area contributed by atoms with E-state index in [1.165, 1.54) is 11.6 Å². The molecule has 0 N–H and O–H groups in total. The number of piperazine rings is 1. The number of carbonyl (C=O) groups is 1. The average Bonchev–Trinajstić information content (AvgIpc) is 3.22. The molecule has 1 aliphatic rings. The third-order valence-electron chi connectivity index (χ3n) is 5.20. The lowest BCUT2D eigenvalue weighted by Crippen LogP contribution is -2.49. The number of hydrogen-bond donors (Lipinski definition) is 0. The number of aryl methyl sites for hydroxylation is 1. The van der Waals surface area contributed by atoms with Crippen LogP contribution in [0.15, 0.2) is 53.9 Å². The molecule has 0 aliphatic carbocycles. The van der Waals surface area contributed by atoms with Crippen LogP contribution in [0.3, 0.4) is 0 Å². The predicted molar refractivity (Wildman–Crippen MR) is 118 cm³/mol. The van der Waals surface area contributed by atoms with E-state index in [1.807, 2.05) is 40.3 Å². The lowest BCUT2D eigenvalue weighted by atomic mass is 10.1. The molecule has 1 aromatic heterocycles. The molecule has 30 heavy (non-hydrogen) atoms.